The van der Waals surface area contributed by atoms with Crippen molar-refractivity contribution in [2.24, 2.45) is 11.8 Å². The van der Waals surface area contributed by atoms with Crippen molar-refractivity contribution in [2.75, 3.05) is 5.32 Å². The van der Waals surface area contributed by atoms with Gasteiger partial charge in [-0.2, -0.15) is 0 Å². The second-order valence-corrected chi connectivity index (χ2v) is 6.45. The van der Waals surface area contributed by atoms with Gasteiger partial charge in [0.25, 0.3) is 0 Å². The van der Waals surface area contributed by atoms with Gasteiger partial charge >= 0.3 is 5.97 Å². The van der Waals surface area contributed by atoms with Gasteiger partial charge in [0.2, 0.25) is 5.91 Å². The molecule has 1 N–H and O–H groups in total. The van der Waals surface area contributed by atoms with Gasteiger partial charge in [-0.3, -0.25) is 9.59 Å². The monoisotopic (exact) mass is 315 g/mol. The molecule has 1 aromatic rings. The molecule has 1 aliphatic carbocycles. The summed E-state index contributed by atoms with van der Waals surface area (Å²) >= 11 is 0. The highest BCUT2D eigenvalue weighted by atomic mass is 16.5. The van der Waals surface area contributed by atoms with Crippen LogP contribution in [0.2, 0.25) is 0 Å². The topological polar surface area (TPSA) is 55.4 Å². The molecule has 0 heterocycles. The normalized spacial score (nSPS) is 20.4. The van der Waals surface area contributed by atoms with E-state index in [1.807, 2.05) is 58.0 Å². The largest absolute Gasteiger partial charge is 0.463 e. The predicted octanol–water partition coefficient (Wildman–Crippen LogP) is 3.78. The van der Waals surface area contributed by atoms with Crippen molar-refractivity contribution >= 4 is 17.6 Å². The zero-order valence-electron chi connectivity index (χ0n) is 14.3. The van der Waals surface area contributed by atoms with E-state index in [-0.39, 0.29) is 23.9 Å². The molecule has 23 heavy (non-hydrogen) atoms. The molecule has 1 aliphatic rings. The van der Waals surface area contributed by atoms with Crippen molar-refractivity contribution in [1.82, 2.24) is 0 Å². The highest BCUT2D eigenvalue weighted by Gasteiger charge is 2.35. The number of hydrogen-bond donors (Lipinski definition) is 1. The summed E-state index contributed by atoms with van der Waals surface area (Å²) < 4.78 is 5.31. The van der Waals surface area contributed by atoms with E-state index in [0.29, 0.717) is 12.8 Å². The number of anilines is 1. The first kappa shape index (κ1) is 17.3. The number of carbonyl (C=O) groups excluding carboxylic acids is 2. The lowest BCUT2D eigenvalue weighted by Crippen LogP contribution is -2.36. The molecule has 124 valence electrons. The van der Waals surface area contributed by atoms with E-state index in [9.17, 15) is 9.59 Å². The molecular formula is C19H25NO3. The third kappa shape index (κ3) is 4.44. The molecule has 2 rings (SSSR count). The molecule has 2 unspecified atom stereocenters. The van der Waals surface area contributed by atoms with Gasteiger partial charge in [-0.25, -0.2) is 0 Å². The summed E-state index contributed by atoms with van der Waals surface area (Å²) in [6.45, 7) is 7.62. The van der Waals surface area contributed by atoms with Crippen molar-refractivity contribution in [3.8, 4) is 0 Å². The Labute approximate surface area is 137 Å². The summed E-state index contributed by atoms with van der Waals surface area (Å²) in [5.41, 5.74) is 2.97. The molecule has 0 fully saturated rings. The summed E-state index contributed by atoms with van der Waals surface area (Å²) in [5, 5.41) is 2.96. The van der Waals surface area contributed by atoms with E-state index in [1.54, 1.807) is 0 Å². The summed E-state index contributed by atoms with van der Waals surface area (Å²) in [5.74, 6) is -1.20. The van der Waals surface area contributed by atoms with Gasteiger partial charge in [0, 0.05) is 5.69 Å². The molecule has 0 saturated carbocycles. The maximum absolute atomic E-state index is 12.7. The Morgan fingerprint density at radius 1 is 1.13 bits per heavy atom. The van der Waals surface area contributed by atoms with Crippen LogP contribution in [-0.2, 0) is 14.3 Å². The molecule has 0 aromatic heterocycles. The summed E-state index contributed by atoms with van der Waals surface area (Å²) in [7, 11) is 0. The third-order valence-electron chi connectivity index (χ3n) is 4.06. The van der Waals surface area contributed by atoms with Crippen LogP contribution in [0.4, 0.5) is 5.69 Å². The lowest BCUT2D eigenvalue weighted by Gasteiger charge is -2.27. The molecule has 0 spiro atoms. The number of rotatable bonds is 4. The van der Waals surface area contributed by atoms with Crippen molar-refractivity contribution < 1.29 is 14.3 Å². The number of nitrogens with one attached hydrogen (secondary N) is 1. The molecule has 0 saturated heterocycles. The maximum atomic E-state index is 12.7. The first-order valence-electron chi connectivity index (χ1n) is 8.12. The molecule has 1 amide bonds. The van der Waals surface area contributed by atoms with Crippen LogP contribution in [0.15, 0.2) is 30.4 Å². The second kappa shape index (κ2) is 7.44. The second-order valence-electron chi connectivity index (χ2n) is 6.45. The van der Waals surface area contributed by atoms with E-state index >= 15 is 0 Å². The van der Waals surface area contributed by atoms with Crippen molar-refractivity contribution in [3.05, 3.63) is 41.5 Å². The number of benzene rings is 1. The van der Waals surface area contributed by atoms with E-state index in [4.69, 9.17) is 4.74 Å². The molecule has 4 nitrogen and oxygen atoms in total. The van der Waals surface area contributed by atoms with Crippen LogP contribution in [-0.4, -0.2) is 18.0 Å². The van der Waals surface area contributed by atoms with Crippen molar-refractivity contribution in [1.29, 1.82) is 0 Å². The Balaban J connectivity index is 2.12. The predicted molar refractivity (Wildman–Crippen MR) is 91.1 cm³/mol. The number of amides is 1. The van der Waals surface area contributed by atoms with Crippen molar-refractivity contribution in [2.45, 2.75) is 46.6 Å². The smallest absolute Gasteiger partial charge is 0.310 e. The molecule has 0 aliphatic heterocycles. The van der Waals surface area contributed by atoms with E-state index < -0.39 is 5.92 Å². The van der Waals surface area contributed by atoms with Gasteiger partial charge < -0.3 is 10.1 Å². The molecule has 2 atom stereocenters. The number of ether oxygens (including phenoxy) is 1. The van der Waals surface area contributed by atoms with Crippen molar-refractivity contribution in [3.63, 3.8) is 0 Å². The SMILES string of the molecule is Cc1ccc(NC(=O)C2CC=CCC2C(=O)OC(C)C)c(C)c1. The zero-order valence-corrected chi connectivity index (χ0v) is 14.3. The zero-order chi connectivity index (χ0) is 17.0. The number of aryl methyl sites for hydroxylation is 2. The van der Waals surface area contributed by atoms with Crippen LogP contribution in [0.5, 0.6) is 0 Å². The summed E-state index contributed by atoms with van der Waals surface area (Å²) in [4.78, 5) is 24.9. The van der Waals surface area contributed by atoms with Gasteiger partial charge in [0.1, 0.15) is 0 Å². The van der Waals surface area contributed by atoms with Crippen LogP contribution in [0.1, 0.15) is 37.8 Å². The number of hydrogen-bond acceptors (Lipinski definition) is 3. The molecule has 0 bridgehead atoms. The van der Waals surface area contributed by atoms with E-state index in [0.717, 1.165) is 16.8 Å². The van der Waals surface area contributed by atoms with Gasteiger partial charge in [-0.05, 0) is 52.2 Å². The number of allylic oxidation sites excluding steroid dienone is 2. The number of carbonyl (C=O) groups is 2. The fourth-order valence-electron chi connectivity index (χ4n) is 2.86. The minimum Gasteiger partial charge on any atom is -0.463 e. The fraction of sp³-hybridized carbons (Fsp3) is 0.474. The van der Waals surface area contributed by atoms with Crippen LogP contribution in [0, 0.1) is 25.7 Å². The maximum Gasteiger partial charge on any atom is 0.310 e. The first-order valence-corrected chi connectivity index (χ1v) is 8.12. The standard InChI is InChI=1S/C19H25NO3/c1-12(2)23-19(22)16-8-6-5-7-15(16)18(21)20-17-10-9-13(3)11-14(17)4/h5-6,9-12,15-16H,7-8H2,1-4H3,(H,20,21). The Bertz CT molecular complexity index is 619. The van der Waals surface area contributed by atoms with Gasteiger partial charge in [0.15, 0.2) is 0 Å². The van der Waals surface area contributed by atoms with Gasteiger partial charge in [0.05, 0.1) is 17.9 Å². The van der Waals surface area contributed by atoms with Crippen LogP contribution < -0.4 is 5.32 Å². The summed E-state index contributed by atoms with van der Waals surface area (Å²) in [6.07, 6.45) is 4.86. The molecule has 0 radical (unpaired) electrons. The Morgan fingerprint density at radius 3 is 2.39 bits per heavy atom. The average molecular weight is 315 g/mol. The van der Waals surface area contributed by atoms with Crippen LogP contribution >= 0.6 is 0 Å². The Morgan fingerprint density at radius 2 is 1.78 bits per heavy atom. The fourth-order valence-corrected chi connectivity index (χ4v) is 2.86. The van der Waals surface area contributed by atoms with E-state index in [2.05, 4.69) is 5.32 Å². The van der Waals surface area contributed by atoms with Crippen LogP contribution in [0.3, 0.4) is 0 Å². The number of esters is 1. The molecular weight excluding hydrogens is 290 g/mol. The minimum atomic E-state index is -0.409. The minimum absolute atomic E-state index is 0.119. The third-order valence-corrected chi connectivity index (χ3v) is 4.06. The molecule has 4 heteroatoms. The molecule has 1 aromatic carbocycles. The lowest BCUT2D eigenvalue weighted by atomic mass is 9.82. The van der Waals surface area contributed by atoms with Gasteiger partial charge in [-0.15, -0.1) is 0 Å². The Hall–Kier alpha value is -2.10. The quantitative estimate of drug-likeness (QED) is 0.679. The highest BCUT2D eigenvalue weighted by molar-refractivity contribution is 5.96. The Kier molecular flexibility index (Phi) is 5.59. The summed E-state index contributed by atoms with van der Waals surface area (Å²) in [6, 6.07) is 5.90. The first-order chi connectivity index (χ1) is 10.9. The van der Waals surface area contributed by atoms with E-state index in [1.165, 1.54) is 0 Å². The lowest BCUT2D eigenvalue weighted by molar-refractivity contribution is -0.156. The average Bonchev–Trinajstić information content (AvgIpc) is 2.49. The van der Waals surface area contributed by atoms with Gasteiger partial charge in [-0.1, -0.05) is 29.8 Å². The van der Waals surface area contributed by atoms with Crippen LogP contribution in [0.25, 0.3) is 0 Å². The highest BCUT2D eigenvalue weighted by Crippen LogP contribution is 2.29.